The van der Waals surface area contributed by atoms with E-state index >= 15 is 0 Å². The number of ether oxygens (including phenoxy) is 1. The highest BCUT2D eigenvalue weighted by molar-refractivity contribution is 6.02. The van der Waals surface area contributed by atoms with Crippen LogP contribution >= 0.6 is 0 Å². The van der Waals surface area contributed by atoms with Crippen LogP contribution in [0, 0.1) is 6.92 Å². The maximum Gasteiger partial charge on any atom is 0.342 e. The SMILES string of the molecule is Cc1cc(N(C)C[C@H]2CCCN2C)c(N)cc1Nc1ncc(C(=O)OC(C)C)c(-c2coc3ccccc23)n1.[3H][3H].[3H][3H]. The molecule has 208 valence electrons. The van der Waals surface area contributed by atoms with E-state index in [9.17, 15) is 4.79 Å². The molecule has 39 heavy (non-hydrogen) atoms. The average Bonchev–Trinajstić information content (AvgIpc) is 3.62. The zero-order valence-corrected chi connectivity index (χ0v) is 23.2. The summed E-state index contributed by atoms with van der Waals surface area (Å²) in [5.41, 5.74) is 12.1. The number of carbonyl (C=O) groups is 1. The number of fused-ring (bicyclic) bond motifs is 1. The molecule has 2 aromatic carbocycles. The highest BCUT2D eigenvalue weighted by Crippen LogP contribution is 2.34. The Balaban J connectivity index is 0.00000121. The van der Waals surface area contributed by atoms with Crippen LogP contribution in [0.4, 0.5) is 23.0 Å². The quantitative estimate of drug-likeness (QED) is 0.202. The number of nitrogens with zero attached hydrogens (tertiary/aromatic N) is 4. The smallest absolute Gasteiger partial charge is 0.342 e. The fourth-order valence-corrected chi connectivity index (χ4v) is 5.16. The van der Waals surface area contributed by atoms with E-state index in [2.05, 4.69) is 40.3 Å². The normalized spacial score (nSPS) is 16.1. The highest BCUT2D eigenvalue weighted by Gasteiger charge is 2.24. The van der Waals surface area contributed by atoms with E-state index in [-0.39, 0.29) is 11.7 Å². The minimum Gasteiger partial charge on any atom is -0.464 e. The van der Waals surface area contributed by atoms with E-state index in [0.29, 0.717) is 34.5 Å². The maximum absolute atomic E-state index is 12.9. The summed E-state index contributed by atoms with van der Waals surface area (Å²) in [5.74, 6) is -0.148. The summed E-state index contributed by atoms with van der Waals surface area (Å²) >= 11 is 0. The van der Waals surface area contributed by atoms with Gasteiger partial charge in [-0.1, -0.05) is 18.2 Å². The zero-order valence-electron chi connectivity index (χ0n) is 27.2. The second-order valence-corrected chi connectivity index (χ2v) is 10.6. The van der Waals surface area contributed by atoms with Crippen LogP contribution in [0.5, 0.6) is 0 Å². The summed E-state index contributed by atoms with van der Waals surface area (Å²) in [6.07, 6.45) is 5.26. The third-order valence-electron chi connectivity index (χ3n) is 7.28. The number of esters is 1. The summed E-state index contributed by atoms with van der Waals surface area (Å²) in [7, 11) is 4.27. The van der Waals surface area contributed by atoms with Crippen molar-refractivity contribution in [3.05, 3.63) is 60.0 Å². The molecule has 1 aliphatic rings. The molecule has 9 nitrogen and oxygen atoms in total. The molecule has 0 spiro atoms. The van der Waals surface area contributed by atoms with Crippen LogP contribution in [-0.4, -0.2) is 60.2 Å². The third kappa shape index (κ3) is 5.54. The van der Waals surface area contributed by atoms with E-state index in [1.807, 2.05) is 51.1 Å². The van der Waals surface area contributed by atoms with Gasteiger partial charge in [-0.25, -0.2) is 14.8 Å². The predicted molar refractivity (Wildman–Crippen MR) is 160 cm³/mol. The van der Waals surface area contributed by atoms with Crippen molar-refractivity contribution in [2.24, 2.45) is 0 Å². The third-order valence-corrected chi connectivity index (χ3v) is 7.28. The van der Waals surface area contributed by atoms with Crippen molar-refractivity contribution in [2.75, 3.05) is 43.1 Å². The molecule has 5 rings (SSSR count). The number of rotatable bonds is 8. The first-order valence-electron chi connectivity index (χ1n) is 15.3. The first kappa shape index (κ1) is 24.0. The molecule has 1 atom stereocenters. The van der Waals surface area contributed by atoms with Gasteiger partial charge >= 0.3 is 5.97 Å². The Kier molecular flexibility index (Phi) is 6.72. The number of aromatic nitrogens is 2. The van der Waals surface area contributed by atoms with Gasteiger partial charge in [0.05, 0.1) is 23.2 Å². The fourth-order valence-electron chi connectivity index (χ4n) is 5.16. The number of likely N-dealkylation sites (N-methyl/N-ethyl adjacent to an activating group) is 2. The van der Waals surface area contributed by atoms with Crippen molar-refractivity contribution >= 4 is 39.9 Å². The van der Waals surface area contributed by atoms with Crippen LogP contribution in [0.2, 0.25) is 0 Å². The number of anilines is 4. The number of aryl methyl sites for hydroxylation is 1. The number of hydrogen-bond donors (Lipinski definition) is 2. The second-order valence-electron chi connectivity index (χ2n) is 10.6. The van der Waals surface area contributed by atoms with Crippen molar-refractivity contribution in [1.82, 2.24) is 14.9 Å². The molecule has 0 bridgehead atoms. The van der Waals surface area contributed by atoms with Crippen molar-refractivity contribution < 1.29 is 19.9 Å². The van der Waals surface area contributed by atoms with E-state index in [4.69, 9.17) is 25.8 Å². The minimum absolute atomic E-state index is 0.269. The van der Waals surface area contributed by atoms with Gasteiger partial charge in [-0.05, 0) is 71.0 Å². The minimum atomic E-state index is -0.488. The molecule has 1 fully saturated rings. The molecular weight excluding hydrogens is 492 g/mol. The lowest BCUT2D eigenvalue weighted by Crippen LogP contribution is -2.36. The van der Waals surface area contributed by atoms with Crippen LogP contribution in [-0.2, 0) is 4.74 Å². The Labute approximate surface area is 235 Å². The molecule has 1 aliphatic heterocycles. The van der Waals surface area contributed by atoms with E-state index in [1.54, 1.807) is 6.26 Å². The Morgan fingerprint density at radius 3 is 2.90 bits per heavy atom. The van der Waals surface area contributed by atoms with Crippen LogP contribution in [0.3, 0.4) is 0 Å². The summed E-state index contributed by atoms with van der Waals surface area (Å²) in [4.78, 5) is 26.8. The molecule has 0 amide bonds. The summed E-state index contributed by atoms with van der Waals surface area (Å²) < 4.78 is 31.2. The van der Waals surface area contributed by atoms with Gasteiger partial charge in [0.15, 0.2) is 0 Å². The first-order valence-corrected chi connectivity index (χ1v) is 13.3. The number of benzene rings is 2. The topological polar surface area (TPSA) is 110 Å². The molecule has 9 heteroatoms. The van der Waals surface area contributed by atoms with Crippen molar-refractivity contribution in [2.45, 2.75) is 45.8 Å². The van der Waals surface area contributed by atoms with E-state index in [1.165, 1.54) is 19.0 Å². The molecular formula is C30H40N6O3. The van der Waals surface area contributed by atoms with Crippen molar-refractivity contribution in [1.29, 1.82) is 0 Å². The molecule has 0 radical (unpaired) electrons. The number of nitrogens with two attached hydrogens (primary N) is 1. The van der Waals surface area contributed by atoms with Gasteiger partial charge in [-0.15, -0.1) is 0 Å². The second kappa shape index (κ2) is 10.9. The number of furan rings is 1. The molecule has 3 heterocycles. The molecule has 0 unspecified atom stereocenters. The molecule has 3 N–H and O–H groups in total. The van der Waals surface area contributed by atoms with Crippen LogP contribution in [0.15, 0.2) is 53.3 Å². The lowest BCUT2D eigenvalue weighted by Gasteiger charge is -2.29. The molecule has 0 aliphatic carbocycles. The van der Waals surface area contributed by atoms with Gasteiger partial charge < -0.3 is 30.0 Å². The number of nitrogens with one attached hydrogen (secondary N) is 1. The largest absolute Gasteiger partial charge is 0.464 e. The van der Waals surface area contributed by atoms with Crippen molar-refractivity contribution in [3.8, 4) is 11.3 Å². The van der Waals surface area contributed by atoms with Crippen LogP contribution in [0.25, 0.3) is 22.2 Å². The first-order chi connectivity index (χ1) is 20.7. The predicted octanol–water partition coefficient (Wildman–Crippen LogP) is 6.11. The van der Waals surface area contributed by atoms with Gasteiger partial charge in [-0.2, -0.15) is 0 Å². The molecule has 4 aromatic rings. The molecule has 0 saturated carbocycles. The monoisotopic (exact) mass is 540 g/mol. The molecule has 1 saturated heterocycles. The maximum atomic E-state index is 12.9. The van der Waals surface area contributed by atoms with Gasteiger partial charge in [0, 0.05) is 48.4 Å². The molecule has 2 aromatic heterocycles. The number of likely N-dealkylation sites (tertiary alicyclic amines) is 1. The Bertz CT molecular complexity index is 1520. The number of nitrogen functional groups attached to an aromatic ring is 1. The summed E-state index contributed by atoms with van der Waals surface area (Å²) in [6, 6.07) is 12.2. The highest BCUT2D eigenvalue weighted by atomic mass is 16.5. The van der Waals surface area contributed by atoms with Crippen LogP contribution < -0.4 is 16.0 Å². The summed E-state index contributed by atoms with van der Waals surface area (Å²) in [5, 5.41) is 4.15. The Hall–Kier alpha value is -4.11. The standard InChI is InChI=1S/C30H36N6O3.2H2/c1-18(2)39-29(37)22-15-32-30(34-28(22)23-17-38-27-11-7-6-10-21(23)27)33-25-14-24(31)26(13-19(25)3)36(5)16-20-9-8-12-35(20)4;;/h6-7,10-11,13-15,17-18,20H,8-9,12,16,31H2,1-5H3,(H,32,33,34);2*1H/t20-;;/m1../s1/i;2*1+2T. The lowest BCUT2D eigenvalue weighted by atomic mass is 10.1. The number of hydrogen-bond acceptors (Lipinski definition) is 9. The number of carbonyl (C=O) groups excluding carboxylic acids is 1. The summed E-state index contributed by atoms with van der Waals surface area (Å²) in [6.45, 7) is 7.70. The van der Waals surface area contributed by atoms with Gasteiger partial charge in [0.1, 0.15) is 17.4 Å². The van der Waals surface area contributed by atoms with Crippen LogP contribution in [0.1, 0.15) is 48.5 Å². The Morgan fingerprint density at radius 2 is 2.15 bits per heavy atom. The van der Waals surface area contributed by atoms with Crippen molar-refractivity contribution in [3.63, 3.8) is 0 Å². The van der Waals surface area contributed by atoms with E-state index < -0.39 is 5.97 Å². The van der Waals surface area contributed by atoms with Gasteiger partial charge in [0.2, 0.25) is 5.95 Å². The van der Waals surface area contributed by atoms with Gasteiger partial charge in [-0.3, -0.25) is 0 Å². The lowest BCUT2D eigenvalue weighted by molar-refractivity contribution is 0.0378. The fraction of sp³-hybridized carbons (Fsp3) is 0.367. The van der Waals surface area contributed by atoms with Gasteiger partial charge in [0.25, 0.3) is 0 Å². The average molecular weight is 541 g/mol. The number of para-hydroxylation sites is 1. The zero-order chi connectivity index (χ0) is 31.7. The Morgan fingerprint density at radius 1 is 1.36 bits per heavy atom. The van der Waals surface area contributed by atoms with E-state index in [0.717, 1.165) is 35.4 Å².